The maximum Gasteiger partial charge on any atom is 0.278 e. The number of aryl methyl sites for hydroxylation is 2. The second-order valence-electron chi connectivity index (χ2n) is 6.87. The van der Waals surface area contributed by atoms with Crippen LogP contribution in [-0.2, 0) is 6.54 Å². The van der Waals surface area contributed by atoms with Gasteiger partial charge in [-0.05, 0) is 25.5 Å². The van der Waals surface area contributed by atoms with Gasteiger partial charge in [0.1, 0.15) is 6.54 Å². The second kappa shape index (κ2) is 8.10. The third-order valence-corrected chi connectivity index (χ3v) is 4.88. The van der Waals surface area contributed by atoms with Crippen molar-refractivity contribution in [3.63, 3.8) is 0 Å². The molecule has 6 nitrogen and oxygen atoms in total. The lowest BCUT2D eigenvalue weighted by Crippen LogP contribution is -3.13. The highest BCUT2D eigenvalue weighted by Gasteiger charge is 2.19. The average molecular weight is 353 g/mol. The first-order valence-corrected chi connectivity index (χ1v) is 8.95. The first-order chi connectivity index (χ1) is 12.5. The quantitative estimate of drug-likeness (QED) is 0.508. The van der Waals surface area contributed by atoms with Gasteiger partial charge in [-0.2, -0.15) is 5.10 Å². The van der Waals surface area contributed by atoms with Crippen LogP contribution in [0.15, 0.2) is 47.6 Å². The van der Waals surface area contributed by atoms with Crippen LogP contribution in [0.5, 0.6) is 0 Å². The molecular formula is C20H25N4O2+. The number of quaternary nitrogens is 1. The largest absolute Gasteiger partial charge is 0.328 e. The lowest BCUT2D eigenvalue weighted by molar-refractivity contribution is -0.918. The summed E-state index contributed by atoms with van der Waals surface area (Å²) in [6, 6.07) is 13.3. The Labute approximate surface area is 153 Å². The van der Waals surface area contributed by atoms with Crippen molar-refractivity contribution < 1.29 is 9.82 Å². The summed E-state index contributed by atoms with van der Waals surface area (Å²) in [5.74, 6) is 0. The molecule has 6 heteroatoms. The van der Waals surface area contributed by atoms with E-state index in [1.165, 1.54) is 22.8 Å². The number of rotatable bonds is 5. The lowest BCUT2D eigenvalue weighted by atomic mass is 10.1. The Balaban J connectivity index is 1.56. The Morgan fingerprint density at radius 1 is 1.19 bits per heavy atom. The summed E-state index contributed by atoms with van der Waals surface area (Å²) >= 11 is 0. The zero-order chi connectivity index (χ0) is 18.5. The van der Waals surface area contributed by atoms with Crippen LogP contribution in [-0.4, -0.2) is 42.3 Å². The van der Waals surface area contributed by atoms with Crippen LogP contribution in [0.25, 0.3) is 0 Å². The van der Waals surface area contributed by atoms with E-state index in [9.17, 15) is 10.1 Å². The van der Waals surface area contributed by atoms with Crippen LogP contribution in [0.4, 0.5) is 5.69 Å². The van der Waals surface area contributed by atoms with Crippen molar-refractivity contribution >= 4 is 11.9 Å². The Morgan fingerprint density at radius 3 is 2.62 bits per heavy atom. The van der Waals surface area contributed by atoms with Crippen molar-refractivity contribution in [2.45, 2.75) is 20.4 Å². The van der Waals surface area contributed by atoms with Crippen LogP contribution < -0.4 is 4.90 Å². The normalized spacial score (nSPS) is 15.5. The molecule has 1 saturated heterocycles. The minimum absolute atomic E-state index is 0.0929. The van der Waals surface area contributed by atoms with Gasteiger partial charge in [0, 0.05) is 11.6 Å². The molecule has 0 spiro atoms. The van der Waals surface area contributed by atoms with E-state index in [0.717, 1.165) is 32.7 Å². The minimum Gasteiger partial charge on any atom is -0.328 e. The van der Waals surface area contributed by atoms with Gasteiger partial charge in [-0.25, -0.2) is 0 Å². The maximum absolute atomic E-state index is 11.1. The van der Waals surface area contributed by atoms with Gasteiger partial charge in [-0.15, -0.1) is 0 Å². The second-order valence-corrected chi connectivity index (χ2v) is 6.87. The van der Waals surface area contributed by atoms with E-state index in [1.54, 1.807) is 29.3 Å². The molecule has 3 rings (SSSR count). The molecule has 0 aromatic heterocycles. The average Bonchev–Trinajstić information content (AvgIpc) is 2.63. The number of nitro groups is 1. The zero-order valence-corrected chi connectivity index (χ0v) is 15.3. The Morgan fingerprint density at radius 2 is 1.92 bits per heavy atom. The number of benzene rings is 2. The smallest absolute Gasteiger partial charge is 0.278 e. The Hall–Kier alpha value is -2.73. The van der Waals surface area contributed by atoms with Gasteiger partial charge in [0.25, 0.3) is 5.69 Å². The molecule has 2 aromatic rings. The highest BCUT2D eigenvalue weighted by molar-refractivity contribution is 5.84. The number of hydrazone groups is 1. The fourth-order valence-electron chi connectivity index (χ4n) is 3.32. The molecule has 0 saturated carbocycles. The van der Waals surface area contributed by atoms with Crippen LogP contribution in [0, 0.1) is 24.0 Å². The van der Waals surface area contributed by atoms with Gasteiger partial charge < -0.3 is 4.90 Å². The van der Waals surface area contributed by atoms with E-state index in [2.05, 4.69) is 37.1 Å². The number of para-hydroxylation sites is 1. The highest BCUT2D eigenvalue weighted by atomic mass is 16.6. The summed E-state index contributed by atoms with van der Waals surface area (Å²) in [5.41, 5.74) is 4.70. The van der Waals surface area contributed by atoms with E-state index in [4.69, 9.17) is 0 Å². The monoisotopic (exact) mass is 353 g/mol. The molecule has 0 aliphatic carbocycles. The van der Waals surface area contributed by atoms with Crippen molar-refractivity contribution in [3.05, 3.63) is 74.8 Å². The minimum atomic E-state index is -0.368. The van der Waals surface area contributed by atoms with Gasteiger partial charge in [0.05, 0.1) is 42.9 Å². The van der Waals surface area contributed by atoms with Crippen molar-refractivity contribution in [2.75, 3.05) is 26.2 Å². The molecular weight excluding hydrogens is 328 g/mol. The lowest BCUT2D eigenvalue weighted by Gasteiger charge is -2.30. The molecule has 0 amide bonds. The standard InChI is InChI=1S/C20H24N4O2/c1-16-7-8-19(17(2)13-16)15-22-9-11-23(12-10-22)21-14-18-5-3-4-6-20(18)24(25)26/h3-8,13-14H,9-12,15H2,1-2H3/p+1/b21-14-. The Bertz CT molecular complexity index is 811. The predicted octanol–water partition coefficient (Wildman–Crippen LogP) is 1.95. The van der Waals surface area contributed by atoms with Crippen molar-refractivity contribution in [2.24, 2.45) is 5.10 Å². The van der Waals surface area contributed by atoms with Crippen molar-refractivity contribution in [3.8, 4) is 0 Å². The molecule has 136 valence electrons. The summed E-state index contributed by atoms with van der Waals surface area (Å²) in [6.07, 6.45) is 1.60. The molecule has 1 aliphatic heterocycles. The van der Waals surface area contributed by atoms with Crippen LogP contribution in [0.1, 0.15) is 22.3 Å². The van der Waals surface area contributed by atoms with Crippen molar-refractivity contribution in [1.29, 1.82) is 0 Å². The van der Waals surface area contributed by atoms with Gasteiger partial charge in [-0.1, -0.05) is 35.9 Å². The number of hydrogen-bond acceptors (Lipinski definition) is 4. The zero-order valence-electron chi connectivity index (χ0n) is 15.3. The van der Waals surface area contributed by atoms with Gasteiger partial charge in [0.2, 0.25) is 0 Å². The number of nitrogens with zero attached hydrogens (tertiary/aromatic N) is 3. The van der Waals surface area contributed by atoms with E-state index in [1.807, 2.05) is 5.01 Å². The number of nitro benzene ring substituents is 1. The highest BCUT2D eigenvalue weighted by Crippen LogP contribution is 2.15. The third kappa shape index (κ3) is 4.46. The molecule has 2 aromatic carbocycles. The SMILES string of the molecule is Cc1ccc(C[NH+]2CCN(/N=C\c3ccccc3[N+](=O)[O-])CC2)c(C)c1. The van der Waals surface area contributed by atoms with E-state index >= 15 is 0 Å². The first-order valence-electron chi connectivity index (χ1n) is 8.95. The van der Waals surface area contributed by atoms with Gasteiger partial charge in [0.15, 0.2) is 0 Å². The topological polar surface area (TPSA) is 63.2 Å². The Kier molecular flexibility index (Phi) is 5.63. The fourth-order valence-corrected chi connectivity index (χ4v) is 3.32. The molecule has 1 fully saturated rings. The summed E-state index contributed by atoms with van der Waals surface area (Å²) in [7, 11) is 0. The summed E-state index contributed by atoms with van der Waals surface area (Å²) in [5, 5.41) is 17.5. The molecule has 1 N–H and O–H groups in total. The third-order valence-electron chi connectivity index (χ3n) is 4.88. The summed E-state index contributed by atoms with van der Waals surface area (Å²) in [4.78, 5) is 12.2. The molecule has 26 heavy (non-hydrogen) atoms. The molecule has 0 radical (unpaired) electrons. The predicted molar refractivity (Wildman–Crippen MR) is 103 cm³/mol. The van der Waals surface area contributed by atoms with Crippen LogP contribution >= 0.6 is 0 Å². The molecule has 1 heterocycles. The van der Waals surface area contributed by atoms with Crippen molar-refractivity contribution in [1.82, 2.24) is 5.01 Å². The van der Waals surface area contributed by atoms with E-state index < -0.39 is 0 Å². The summed E-state index contributed by atoms with van der Waals surface area (Å²) in [6.45, 7) is 9.08. The van der Waals surface area contributed by atoms with Crippen LogP contribution in [0.2, 0.25) is 0 Å². The van der Waals surface area contributed by atoms with Crippen LogP contribution in [0.3, 0.4) is 0 Å². The molecule has 1 aliphatic rings. The molecule has 0 atom stereocenters. The van der Waals surface area contributed by atoms with Gasteiger partial charge >= 0.3 is 0 Å². The first kappa shape index (κ1) is 18.1. The maximum atomic E-state index is 11.1. The fraction of sp³-hybridized carbons (Fsp3) is 0.350. The van der Waals surface area contributed by atoms with E-state index in [-0.39, 0.29) is 10.6 Å². The molecule has 0 bridgehead atoms. The van der Waals surface area contributed by atoms with E-state index in [0.29, 0.717) is 5.56 Å². The number of piperazine rings is 1. The number of hydrogen-bond donors (Lipinski definition) is 1. The molecule has 0 unspecified atom stereocenters. The van der Waals surface area contributed by atoms with Gasteiger partial charge in [-0.3, -0.25) is 15.1 Å². The summed E-state index contributed by atoms with van der Waals surface area (Å²) < 4.78 is 0. The number of nitrogens with one attached hydrogen (secondary N) is 1.